The van der Waals surface area contributed by atoms with E-state index in [0.29, 0.717) is 12.0 Å². The summed E-state index contributed by atoms with van der Waals surface area (Å²) in [6.07, 6.45) is 4.65. The van der Waals surface area contributed by atoms with Crippen molar-refractivity contribution in [2.75, 3.05) is 13.2 Å². The van der Waals surface area contributed by atoms with Crippen molar-refractivity contribution in [3.63, 3.8) is 0 Å². The van der Waals surface area contributed by atoms with Crippen LogP contribution in [-0.4, -0.2) is 98.7 Å². The molecule has 0 aromatic heterocycles. The van der Waals surface area contributed by atoms with Gasteiger partial charge in [-0.05, 0) is 25.5 Å². The third-order valence-corrected chi connectivity index (χ3v) is 8.08. The Morgan fingerprint density at radius 3 is 1.95 bits per heavy atom. The Labute approximate surface area is 251 Å². The fourth-order valence-corrected chi connectivity index (χ4v) is 5.22. The smallest absolute Gasteiger partial charge is 0.251 e. The maximum Gasteiger partial charge on any atom is 0.251 e. The molecule has 7 N–H and O–H groups in total. The van der Waals surface area contributed by atoms with E-state index in [4.69, 9.17) is 9.47 Å². The molecule has 1 heterocycles. The minimum absolute atomic E-state index is 0.343. The van der Waals surface area contributed by atoms with Gasteiger partial charge in [-0.1, -0.05) is 102 Å². The zero-order valence-electron chi connectivity index (χ0n) is 25.4. The average Bonchev–Trinajstić information content (AvgIpc) is 2.99. The van der Waals surface area contributed by atoms with Crippen LogP contribution in [0.4, 0.5) is 0 Å². The summed E-state index contributed by atoms with van der Waals surface area (Å²) < 4.78 is 11.0. The van der Waals surface area contributed by atoms with Gasteiger partial charge in [0.25, 0.3) is 5.91 Å². The highest BCUT2D eigenvalue weighted by molar-refractivity contribution is 5.94. The molecule has 8 atom stereocenters. The van der Waals surface area contributed by atoms with Crippen molar-refractivity contribution in [3.8, 4) is 0 Å². The number of nitrogens with one attached hydrogen (secondary N) is 1. The topological polar surface area (TPSA) is 169 Å². The van der Waals surface area contributed by atoms with Crippen LogP contribution in [-0.2, 0) is 9.47 Å². The first kappa shape index (κ1) is 36.6. The van der Waals surface area contributed by atoms with Crippen LogP contribution in [0.5, 0.6) is 0 Å². The molecule has 0 spiro atoms. The predicted molar refractivity (Wildman–Crippen MR) is 160 cm³/mol. The molecule has 1 aromatic carbocycles. The molecule has 10 heteroatoms. The predicted octanol–water partition coefficient (Wildman–Crippen LogP) is 2.72. The highest BCUT2D eigenvalue weighted by atomic mass is 16.7. The Morgan fingerprint density at radius 2 is 1.40 bits per heavy atom. The first-order valence-corrected chi connectivity index (χ1v) is 15.8. The lowest BCUT2D eigenvalue weighted by molar-refractivity contribution is -0.303. The molecule has 242 valence electrons. The molecular formula is C32H55NO9. The molecule has 0 saturated carbocycles. The number of hydrogen-bond donors (Lipinski definition) is 7. The Hall–Kier alpha value is -1.63. The second-order valence-electron chi connectivity index (χ2n) is 11.7. The molecule has 0 aliphatic carbocycles. The van der Waals surface area contributed by atoms with E-state index in [2.05, 4.69) is 12.2 Å². The molecule has 1 amide bonds. The average molecular weight is 598 g/mol. The van der Waals surface area contributed by atoms with E-state index in [-0.39, 0.29) is 6.61 Å². The number of rotatable bonds is 21. The van der Waals surface area contributed by atoms with E-state index in [1.54, 1.807) is 24.3 Å². The zero-order valence-corrected chi connectivity index (χ0v) is 25.4. The second-order valence-corrected chi connectivity index (χ2v) is 11.7. The van der Waals surface area contributed by atoms with Crippen LogP contribution in [0.15, 0.2) is 24.3 Å². The molecule has 1 saturated heterocycles. The number of hydrogen-bond acceptors (Lipinski definition) is 9. The standard InChI is InChI=1S/C32H55NO9/c1-3-4-5-6-7-8-9-10-11-12-13-14-15-25(35)27(36)24(33-31(40)23-18-16-22(2)17-19-23)21-41-32-30(39)29(38)28(37)26(20-34)42-32/h16-19,24-30,32,34-39H,3-15,20-21H2,1-2H3,(H,33,40)/t24-,25+,26?,27-,28?,29?,30?,32?/m0/s1. The van der Waals surface area contributed by atoms with Gasteiger partial charge in [0.05, 0.1) is 25.4 Å². The molecule has 0 radical (unpaired) electrons. The first-order valence-electron chi connectivity index (χ1n) is 15.8. The van der Waals surface area contributed by atoms with E-state index in [1.807, 2.05) is 6.92 Å². The molecule has 0 bridgehead atoms. The summed E-state index contributed by atoms with van der Waals surface area (Å²) in [7, 11) is 0. The number of aliphatic hydroxyl groups is 6. The van der Waals surface area contributed by atoms with Crippen LogP contribution in [0, 0.1) is 6.92 Å². The summed E-state index contributed by atoms with van der Waals surface area (Å²) in [4.78, 5) is 12.9. The van der Waals surface area contributed by atoms with Gasteiger partial charge in [-0.3, -0.25) is 4.79 Å². The minimum Gasteiger partial charge on any atom is -0.394 e. The van der Waals surface area contributed by atoms with Gasteiger partial charge in [-0.25, -0.2) is 0 Å². The van der Waals surface area contributed by atoms with Crippen molar-refractivity contribution in [3.05, 3.63) is 35.4 Å². The summed E-state index contributed by atoms with van der Waals surface area (Å²) in [6, 6.07) is 5.80. The van der Waals surface area contributed by atoms with Crippen LogP contribution in [0.2, 0.25) is 0 Å². The number of unbranched alkanes of at least 4 members (excludes halogenated alkanes) is 11. The van der Waals surface area contributed by atoms with Gasteiger partial charge in [0.1, 0.15) is 30.5 Å². The monoisotopic (exact) mass is 597 g/mol. The molecule has 10 nitrogen and oxygen atoms in total. The number of carbonyl (C=O) groups excluding carboxylic acids is 1. The molecular weight excluding hydrogens is 542 g/mol. The number of carbonyl (C=O) groups is 1. The van der Waals surface area contributed by atoms with Crippen molar-refractivity contribution >= 4 is 5.91 Å². The van der Waals surface area contributed by atoms with Crippen LogP contribution in [0.3, 0.4) is 0 Å². The van der Waals surface area contributed by atoms with Gasteiger partial charge in [0.2, 0.25) is 0 Å². The van der Waals surface area contributed by atoms with E-state index in [9.17, 15) is 35.4 Å². The molecule has 42 heavy (non-hydrogen) atoms. The number of aryl methyl sites for hydroxylation is 1. The van der Waals surface area contributed by atoms with E-state index < -0.39 is 61.5 Å². The molecule has 5 unspecified atom stereocenters. The van der Waals surface area contributed by atoms with E-state index >= 15 is 0 Å². The normalized spacial score (nSPS) is 24.7. The Kier molecular flexibility index (Phi) is 17.7. The van der Waals surface area contributed by atoms with Crippen molar-refractivity contribution in [1.29, 1.82) is 0 Å². The minimum atomic E-state index is -1.63. The maximum absolute atomic E-state index is 12.9. The number of ether oxygens (including phenoxy) is 2. The Morgan fingerprint density at radius 1 is 0.857 bits per heavy atom. The van der Waals surface area contributed by atoms with Crippen molar-refractivity contribution in [2.45, 2.75) is 146 Å². The summed E-state index contributed by atoms with van der Waals surface area (Å²) in [5.74, 6) is -0.478. The Bertz CT molecular complexity index is 853. The third kappa shape index (κ3) is 12.5. The van der Waals surface area contributed by atoms with Crippen molar-refractivity contribution < 1.29 is 44.9 Å². The zero-order chi connectivity index (χ0) is 30.9. The maximum atomic E-state index is 12.9. The lowest BCUT2D eigenvalue weighted by atomic mass is 9.98. The van der Waals surface area contributed by atoms with Crippen molar-refractivity contribution in [2.24, 2.45) is 0 Å². The van der Waals surface area contributed by atoms with Gasteiger partial charge in [0.15, 0.2) is 6.29 Å². The van der Waals surface area contributed by atoms with Crippen LogP contribution in [0.25, 0.3) is 0 Å². The second kappa shape index (κ2) is 20.3. The third-order valence-electron chi connectivity index (χ3n) is 8.08. The molecule has 1 fully saturated rings. The summed E-state index contributed by atoms with van der Waals surface area (Å²) in [6.45, 7) is 3.15. The summed E-state index contributed by atoms with van der Waals surface area (Å²) in [5, 5.41) is 64.3. The fourth-order valence-electron chi connectivity index (χ4n) is 5.22. The van der Waals surface area contributed by atoms with E-state index in [1.165, 1.54) is 51.4 Å². The summed E-state index contributed by atoms with van der Waals surface area (Å²) >= 11 is 0. The Balaban J connectivity index is 1.86. The molecule has 1 aliphatic heterocycles. The highest BCUT2D eigenvalue weighted by Crippen LogP contribution is 2.23. The van der Waals surface area contributed by atoms with Crippen LogP contribution >= 0.6 is 0 Å². The first-order chi connectivity index (χ1) is 20.2. The largest absolute Gasteiger partial charge is 0.394 e. The van der Waals surface area contributed by atoms with Crippen LogP contribution < -0.4 is 5.32 Å². The molecule has 2 rings (SSSR count). The quantitative estimate of drug-likeness (QED) is 0.105. The van der Waals surface area contributed by atoms with Gasteiger partial charge in [-0.2, -0.15) is 0 Å². The SMILES string of the molecule is CCCCCCCCCCCCCC[C@@H](O)[C@@H](O)[C@H](COC1OC(CO)C(O)C(O)C1O)NC(=O)c1ccc(C)cc1. The van der Waals surface area contributed by atoms with Gasteiger partial charge >= 0.3 is 0 Å². The fraction of sp³-hybridized carbons (Fsp3) is 0.781. The molecule has 1 aliphatic rings. The number of aliphatic hydroxyl groups excluding tert-OH is 6. The molecule has 1 aromatic rings. The summed E-state index contributed by atoms with van der Waals surface area (Å²) in [5.41, 5.74) is 1.34. The lowest BCUT2D eigenvalue weighted by Gasteiger charge is -2.40. The van der Waals surface area contributed by atoms with Gasteiger partial charge < -0.3 is 45.4 Å². The van der Waals surface area contributed by atoms with E-state index in [0.717, 1.165) is 31.2 Å². The van der Waals surface area contributed by atoms with Gasteiger partial charge in [-0.15, -0.1) is 0 Å². The number of benzene rings is 1. The highest BCUT2D eigenvalue weighted by Gasteiger charge is 2.44. The van der Waals surface area contributed by atoms with Crippen LogP contribution in [0.1, 0.15) is 106 Å². The van der Waals surface area contributed by atoms with Gasteiger partial charge in [0, 0.05) is 5.56 Å². The number of amides is 1. The van der Waals surface area contributed by atoms with Crippen molar-refractivity contribution in [1.82, 2.24) is 5.32 Å². The lowest BCUT2D eigenvalue weighted by Crippen LogP contribution is -2.60.